The molecule has 1 N–H and O–H groups in total. The number of aliphatic imine (C=N–C) groups is 1. The van der Waals surface area contributed by atoms with Crippen LogP contribution in [-0.2, 0) is 6.54 Å². The molecular formula is C18H34IN5S. The van der Waals surface area contributed by atoms with Crippen LogP contribution in [0.2, 0.25) is 0 Å². The van der Waals surface area contributed by atoms with Crippen molar-refractivity contribution in [1.82, 2.24) is 20.1 Å². The first-order chi connectivity index (χ1) is 11.6. The summed E-state index contributed by atoms with van der Waals surface area (Å²) in [5.74, 6) is 1.81. The van der Waals surface area contributed by atoms with Gasteiger partial charge in [0.05, 0.1) is 17.2 Å². The van der Waals surface area contributed by atoms with E-state index < -0.39 is 0 Å². The Morgan fingerprint density at radius 1 is 1.32 bits per heavy atom. The molecule has 1 fully saturated rings. The van der Waals surface area contributed by atoms with Crippen molar-refractivity contribution in [3.8, 4) is 0 Å². The molecule has 1 aromatic heterocycles. The van der Waals surface area contributed by atoms with Crippen LogP contribution in [0.15, 0.2) is 4.99 Å². The molecule has 144 valence electrons. The summed E-state index contributed by atoms with van der Waals surface area (Å²) in [6.07, 6.45) is 1.26. The molecule has 1 saturated heterocycles. The van der Waals surface area contributed by atoms with Crippen molar-refractivity contribution in [1.29, 1.82) is 0 Å². The lowest BCUT2D eigenvalue weighted by Gasteiger charge is -2.24. The van der Waals surface area contributed by atoms with Gasteiger partial charge in [-0.1, -0.05) is 13.8 Å². The van der Waals surface area contributed by atoms with E-state index in [9.17, 15) is 0 Å². The zero-order valence-corrected chi connectivity index (χ0v) is 19.5. The molecule has 7 heteroatoms. The second-order valence-electron chi connectivity index (χ2n) is 6.50. The third-order valence-electron chi connectivity index (χ3n) is 4.70. The molecule has 0 aliphatic carbocycles. The molecule has 0 amide bonds. The van der Waals surface area contributed by atoms with Gasteiger partial charge < -0.3 is 15.1 Å². The number of thiazole rings is 1. The van der Waals surface area contributed by atoms with Crippen LogP contribution in [0.5, 0.6) is 0 Å². The summed E-state index contributed by atoms with van der Waals surface area (Å²) in [6.45, 7) is 18.1. The van der Waals surface area contributed by atoms with Gasteiger partial charge in [0.2, 0.25) is 0 Å². The van der Waals surface area contributed by atoms with Gasteiger partial charge in [0.25, 0.3) is 0 Å². The Morgan fingerprint density at radius 2 is 2.04 bits per heavy atom. The highest BCUT2D eigenvalue weighted by molar-refractivity contribution is 14.0. The van der Waals surface area contributed by atoms with Crippen molar-refractivity contribution >= 4 is 41.3 Å². The fourth-order valence-corrected chi connectivity index (χ4v) is 4.18. The van der Waals surface area contributed by atoms with Crippen LogP contribution in [0, 0.1) is 19.8 Å². The maximum absolute atomic E-state index is 4.88. The Balaban J connectivity index is 0.00000312. The summed E-state index contributed by atoms with van der Waals surface area (Å²) >= 11 is 1.76. The van der Waals surface area contributed by atoms with Crippen molar-refractivity contribution < 1.29 is 0 Å². The van der Waals surface area contributed by atoms with Gasteiger partial charge in [-0.05, 0) is 46.2 Å². The van der Waals surface area contributed by atoms with Crippen molar-refractivity contribution in [2.24, 2.45) is 10.9 Å². The molecule has 0 saturated carbocycles. The minimum Gasteiger partial charge on any atom is -0.357 e. The first-order valence-electron chi connectivity index (χ1n) is 9.25. The zero-order chi connectivity index (χ0) is 17.5. The van der Waals surface area contributed by atoms with E-state index in [4.69, 9.17) is 4.99 Å². The summed E-state index contributed by atoms with van der Waals surface area (Å²) in [4.78, 5) is 15.6. The number of aromatic nitrogens is 1. The van der Waals surface area contributed by atoms with E-state index in [0.717, 1.165) is 61.8 Å². The SMILES string of the molecule is CCNC(=NCc1sc(C)nc1C)N1CCC(CN(CC)CC)C1.I. The predicted octanol–water partition coefficient (Wildman–Crippen LogP) is 3.51. The van der Waals surface area contributed by atoms with Crippen LogP contribution >= 0.6 is 35.3 Å². The van der Waals surface area contributed by atoms with Gasteiger partial charge in [0.15, 0.2) is 5.96 Å². The average Bonchev–Trinajstić information content (AvgIpc) is 3.15. The largest absolute Gasteiger partial charge is 0.357 e. The zero-order valence-electron chi connectivity index (χ0n) is 16.3. The van der Waals surface area contributed by atoms with E-state index in [-0.39, 0.29) is 24.0 Å². The van der Waals surface area contributed by atoms with E-state index in [1.165, 1.54) is 17.8 Å². The van der Waals surface area contributed by atoms with Gasteiger partial charge in [-0.2, -0.15) is 0 Å². The molecular weight excluding hydrogens is 445 g/mol. The van der Waals surface area contributed by atoms with E-state index >= 15 is 0 Å². The maximum Gasteiger partial charge on any atom is 0.194 e. The van der Waals surface area contributed by atoms with E-state index in [0.29, 0.717) is 0 Å². The minimum atomic E-state index is 0. The fourth-order valence-electron chi connectivity index (χ4n) is 3.31. The van der Waals surface area contributed by atoms with Crippen LogP contribution in [-0.4, -0.2) is 60.0 Å². The lowest BCUT2D eigenvalue weighted by Crippen LogP contribution is -2.40. The standard InChI is InChI=1S/C18H33N5S.HI/c1-6-19-18(20-11-17-14(4)21-15(5)24-17)23-10-9-16(13-23)12-22(7-2)8-3;/h16H,6-13H2,1-5H3,(H,19,20);1H. The number of nitrogens with one attached hydrogen (secondary N) is 1. The second-order valence-corrected chi connectivity index (χ2v) is 7.79. The summed E-state index contributed by atoms with van der Waals surface area (Å²) in [5, 5.41) is 4.60. The van der Waals surface area contributed by atoms with Gasteiger partial charge in [0, 0.05) is 31.1 Å². The molecule has 5 nitrogen and oxygen atoms in total. The first kappa shape index (κ1) is 22.6. The predicted molar refractivity (Wildman–Crippen MR) is 119 cm³/mol. The summed E-state index contributed by atoms with van der Waals surface area (Å²) in [7, 11) is 0. The average molecular weight is 479 g/mol. The molecule has 25 heavy (non-hydrogen) atoms. The molecule has 1 aliphatic rings. The van der Waals surface area contributed by atoms with Crippen molar-refractivity contribution in [2.45, 2.75) is 47.6 Å². The van der Waals surface area contributed by atoms with Gasteiger partial charge in [-0.25, -0.2) is 9.98 Å². The molecule has 1 unspecified atom stereocenters. The fraction of sp³-hybridized carbons (Fsp3) is 0.778. The monoisotopic (exact) mass is 479 g/mol. The number of hydrogen-bond acceptors (Lipinski definition) is 4. The van der Waals surface area contributed by atoms with Crippen LogP contribution < -0.4 is 5.32 Å². The number of guanidine groups is 1. The summed E-state index contributed by atoms with van der Waals surface area (Å²) in [6, 6.07) is 0. The quantitative estimate of drug-likeness (QED) is 0.370. The third kappa shape index (κ3) is 6.67. The lowest BCUT2D eigenvalue weighted by molar-refractivity contribution is 0.255. The van der Waals surface area contributed by atoms with Crippen LogP contribution in [0.4, 0.5) is 0 Å². The number of likely N-dealkylation sites (tertiary alicyclic amines) is 1. The van der Waals surface area contributed by atoms with Crippen molar-refractivity contribution in [3.05, 3.63) is 15.6 Å². The molecule has 1 aromatic rings. The smallest absolute Gasteiger partial charge is 0.194 e. The van der Waals surface area contributed by atoms with E-state index in [1.807, 2.05) is 0 Å². The number of rotatable bonds is 7. The molecule has 0 spiro atoms. The highest BCUT2D eigenvalue weighted by atomic mass is 127. The second kappa shape index (κ2) is 11.3. The number of nitrogens with zero attached hydrogens (tertiary/aromatic N) is 4. The molecule has 2 heterocycles. The highest BCUT2D eigenvalue weighted by Gasteiger charge is 2.26. The van der Waals surface area contributed by atoms with Gasteiger partial charge >= 0.3 is 0 Å². The lowest BCUT2D eigenvalue weighted by atomic mass is 10.1. The van der Waals surface area contributed by atoms with Gasteiger partial charge in [0.1, 0.15) is 0 Å². The maximum atomic E-state index is 4.88. The van der Waals surface area contributed by atoms with Crippen molar-refractivity contribution in [2.75, 3.05) is 39.3 Å². The van der Waals surface area contributed by atoms with E-state index in [2.05, 4.69) is 54.7 Å². The topological polar surface area (TPSA) is 43.8 Å². The Kier molecular flexibility index (Phi) is 10.3. The van der Waals surface area contributed by atoms with E-state index in [1.54, 1.807) is 11.3 Å². The number of halogens is 1. The summed E-state index contributed by atoms with van der Waals surface area (Å²) < 4.78 is 0. The van der Waals surface area contributed by atoms with Crippen LogP contribution in [0.25, 0.3) is 0 Å². The molecule has 0 bridgehead atoms. The minimum absolute atomic E-state index is 0. The summed E-state index contributed by atoms with van der Waals surface area (Å²) in [5.41, 5.74) is 1.12. The normalized spacial score (nSPS) is 17.9. The molecule has 2 rings (SSSR count). The molecule has 0 radical (unpaired) electrons. The number of hydrogen-bond donors (Lipinski definition) is 1. The van der Waals surface area contributed by atoms with Gasteiger partial charge in [-0.3, -0.25) is 0 Å². The number of aryl methyl sites for hydroxylation is 2. The highest BCUT2D eigenvalue weighted by Crippen LogP contribution is 2.20. The molecule has 1 atom stereocenters. The molecule has 0 aromatic carbocycles. The Morgan fingerprint density at radius 3 is 2.60 bits per heavy atom. The van der Waals surface area contributed by atoms with Crippen LogP contribution in [0.1, 0.15) is 42.8 Å². The van der Waals surface area contributed by atoms with Gasteiger partial charge in [-0.15, -0.1) is 35.3 Å². The Hall–Kier alpha value is -0.410. The Labute approximate surface area is 174 Å². The first-order valence-corrected chi connectivity index (χ1v) is 10.1. The van der Waals surface area contributed by atoms with Crippen molar-refractivity contribution in [3.63, 3.8) is 0 Å². The molecule has 1 aliphatic heterocycles. The third-order valence-corrected chi connectivity index (χ3v) is 5.76. The Bertz CT molecular complexity index is 542. The van der Waals surface area contributed by atoms with Crippen LogP contribution in [0.3, 0.4) is 0 Å².